The van der Waals surface area contributed by atoms with Gasteiger partial charge in [-0.1, -0.05) is 18.2 Å². The molecule has 0 spiro atoms. The van der Waals surface area contributed by atoms with Gasteiger partial charge < -0.3 is 10.6 Å². The molecule has 0 unspecified atom stereocenters. The normalized spacial score (nSPS) is 11.0. The lowest BCUT2D eigenvalue weighted by atomic mass is 10.1. The molecule has 0 heterocycles. The van der Waals surface area contributed by atoms with Crippen LogP contribution in [0.25, 0.3) is 0 Å². The molecule has 0 saturated carbocycles. The number of rotatable bonds is 5. The highest BCUT2D eigenvalue weighted by molar-refractivity contribution is 5.96. The van der Waals surface area contributed by atoms with E-state index in [-0.39, 0.29) is 29.5 Å². The first-order valence-corrected chi connectivity index (χ1v) is 7.26. The monoisotopic (exact) mass is 354 g/mol. The standard InChI is InChI=1S/C17H14F4N2O2/c18-12-7-4-11(5-8-12)6-9-15(24)22-13-2-1-3-14(10-13)23-16(25)17(19,20)21/h1-5,7-8,10H,6,9H2,(H,22,24)(H,23,25). The summed E-state index contributed by atoms with van der Waals surface area (Å²) < 4.78 is 49.5. The van der Waals surface area contributed by atoms with E-state index in [1.807, 2.05) is 0 Å². The van der Waals surface area contributed by atoms with E-state index >= 15 is 0 Å². The highest BCUT2D eigenvalue weighted by Gasteiger charge is 2.38. The van der Waals surface area contributed by atoms with Crippen molar-refractivity contribution in [3.8, 4) is 0 Å². The maximum absolute atomic E-state index is 12.8. The Morgan fingerprint density at radius 1 is 0.920 bits per heavy atom. The first kappa shape index (κ1) is 18.4. The van der Waals surface area contributed by atoms with Crippen LogP contribution < -0.4 is 10.6 Å². The Morgan fingerprint density at radius 3 is 2.12 bits per heavy atom. The second-order valence-electron chi connectivity index (χ2n) is 5.21. The molecular weight excluding hydrogens is 340 g/mol. The summed E-state index contributed by atoms with van der Waals surface area (Å²) in [6.45, 7) is 0. The highest BCUT2D eigenvalue weighted by atomic mass is 19.4. The molecule has 4 nitrogen and oxygen atoms in total. The maximum atomic E-state index is 12.8. The summed E-state index contributed by atoms with van der Waals surface area (Å²) in [6, 6.07) is 11.1. The van der Waals surface area contributed by atoms with E-state index in [1.165, 1.54) is 36.4 Å². The topological polar surface area (TPSA) is 58.2 Å². The van der Waals surface area contributed by atoms with Gasteiger partial charge in [-0.2, -0.15) is 13.2 Å². The summed E-state index contributed by atoms with van der Waals surface area (Å²) in [7, 11) is 0. The summed E-state index contributed by atoms with van der Waals surface area (Å²) in [5.74, 6) is -2.82. The maximum Gasteiger partial charge on any atom is 0.471 e. The van der Waals surface area contributed by atoms with Crippen LogP contribution in [0.5, 0.6) is 0 Å². The van der Waals surface area contributed by atoms with Crippen molar-refractivity contribution in [3.63, 3.8) is 0 Å². The molecule has 0 radical (unpaired) electrons. The van der Waals surface area contributed by atoms with Crippen LogP contribution in [-0.4, -0.2) is 18.0 Å². The lowest BCUT2D eigenvalue weighted by Gasteiger charge is -2.10. The number of halogens is 4. The molecule has 2 aromatic rings. The fourth-order valence-corrected chi connectivity index (χ4v) is 2.01. The van der Waals surface area contributed by atoms with Gasteiger partial charge in [0.05, 0.1) is 0 Å². The van der Waals surface area contributed by atoms with Gasteiger partial charge in [-0.15, -0.1) is 0 Å². The molecule has 2 amide bonds. The minimum Gasteiger partial charge on any atom is -0.326 e. The van der Waals surface area contributed by atoms with E-state index in [0.717, 1.165) is 5.56 Å². The Balaban J connectivity index is 1.91. The Bertz CT molecular complexity index is 758. The van der Waals surface area contributed by atoms with Gasteiger partial charge in [-0.25, -0.2) is 4.39 Å². The average Bonchev–Trinajstić information content (AvgIpc) is 2.54. The lowest BCUT2D eigenvalue weighted by Crippen LogP contribution is -2.29. The number of nitrogens with one attached hydrogen (secondary N) is 2. The Hall–Kier alpha value is -2.90. The van der Waals surface area contributed by atoms with Crippen LogP contribution in [0.3, 0.4) is 0 Å². The van der Waals surface area contributed by atoms with Crippen molar-refractivity contribution < 1.29 is 27.2 Å². The number of carbonyl (C=O) groups is 2. The Kier molecular flexibility index (Phi) is 5.74. The molecule has 0 aliphatic rings. The number of hydrogen-bond acceptors (Lipinski definition) is 2. The van der Waals surface area contributed by atoms with Gasteiger partial charge >= 0.3 is 12.1 Å². The molecule has 25 heavy (non-hydrogen) atoms. The minimum absolute atomic E-state index is 0.0846. The van der Waals surface area contributed by atoms with Gasteiger partial charge in [0.25, 0.3) is 0 Å². The number of carbonyl (C=O) groups excluding carboxylic acids is 2. The number of amides is 2. The lowest BCUT2D eigenvalue weighted by molar-refractivity contribution is -0.167. The molecule has 0 aliphatic carbocycles. The van der Waals surface area contributed by atoms with Gasteiger partial charge in [0.2, 0.25) is 5.91 Å². The van der Waals surface area contributed by atoms with Crippen molar-refractivity contribution in [2.24, 2.45) is 0 Å². The van der Waals surface area contributed by atoms with Crippen molar-refractivity contribution >= 4 is 23.2 Å². The number of benzene rings is 2. The van der Waals surface area contributed by atoms with E-state index in [1.54, 1.807) is 17.4 Å². The fraction of sp³-hybridized carbons (Fsp3) is 0.176. The summed E-state index contributed by atoms with van der Waals surface area (Å²) >= 11 is 0. The molecule has 0 atom stereocenters. The second kappa shape index (κ2) is 7.78. The molecule has 132 valence electrons. The SMILES string of the molecule is O=C(CCc1ccc(F)cc1)Nc1cccc(NC(=O)C(F)(F)F)c1. The molecule has 8 heteroatoms. The first-order chi connectivity index (χ1) is 11.7. The summed E-state index contributed by atoms with van der Waals surface area (Å²) in [6.07, 6.45) is -4.49. The quantitative estimate of drug-likeness (QED) is 0.800. The van der Waals surface area contributed by atoms with Gasteiger partial charge in [-0.3, -0.25) is 9.59 Å². The van der Waals surface area contributed by atoms with Crippen LogP contribution in [0.4, 0.5) is 28.9 Å². The number of aryl methyl sites for hydroxylation is 1. The fourth-order valence-electron chi connectivity index (χ4n) is 2.01. The van der Waals surface area contributed by atoms with E-state index in [2.05, 4.69) is 5.32 Å². The highest BCUT2D eigenvalue weighted by Crippen LogP contribution is 2.20. The molecule has 2 rings (SSSR count). The van der Waals surface area contributed by atoms with Gasteiger partial charge in [0.1, 0.15) is 5.82 Å². The van der Waals surface area contributed by atoms with E-state index in [9.17, 15) is 27.2 Å². The summed E-state index contributed by atoms with van der Waals surface area (Å²) in [4.78, 5) is 22.8. The smallest absolute Gasteiger partial charge is 0.326 e. The predicted octanol–water partition coefficient (Wildman–Crippen LogP) is 3.90. The van der Waals surface area contributed by atoms with E-state index < -0.39 is 12.1 Å². The molecule has 2 N–H and O–H groups in total. The van der Waals surface area contributed by atoms with Crippen molar-refractivity contribution in [1.29, 1.82) is 0 Å². The van der Waals surface area contributed by atoms with Crippen LogP contribution >= 0.6 is 0 Å². The zero-order valence-electron chi connectivity index (χ0n) is 12.9. The van der Waals surface area contributed by atoms with Crippen LogP contribution in [0.1, 0.15) is 12.0 Å². The van der Waals surface area contributed by atoms with E-state index in [4.69, 9.17) is 0 Å². The first-order valence-electron chi connectivity index (χ1n) is 7.26. The van der Waals surface area contributed by atoms with Crippen LogP contribution in [0, 0.1) is 5.82 Å². The number of anilines is 2. The van der Waals surface area contributed by atoms with E-state index in [0.29, 0.717) is 6.42 Å². The number of alkyl halides is 3. The summed E-state index contributed by atoms with van der Waals surface area (Å²) in [5.41, 5.74) is 0.950. The molecule has 0 fully saturated rings. The third-order valence-electron chi connectivity index (χ3n) is 3.22. The number of hydrogen-bond donors (Lipinski definition) is 2. The van der Waals surface area contributed by atoms with Crippen LogP contribution in [0.15, 0.2) is 48.5 Å². The molecule has 2 aromatic carbocycles. The van der Waals surface area contributed by atoms with Gasteiger partial charge in [0, 0.05) is 17.8 Å². The van der Waals surface area contributed by atoms with Crippen LogP contribution in [0.2, 0.25) is 0 Å². The molecule has 0 aromatic heterocycles. The van der Waals surface area contributed by atoms with Gasteiger partial charge in [0.15, 0.2) is 0 Å². The predicted molar refractivity (Wildman–Crippen MR) is 84.5 cm³/mol. The molecule has 0 bridgehead atoms. The van der Waals surface area contributed by atoms with Crippen LogP contribution in [-0.2, 0) is 16.0 Å². The minimum atomic E-state index is -4.99. The third-order valence-corrected chi connectivity index (χ3v) is 3.22. The Morgan fingerprint density at radius 2 is 1.52 bits per heavy atom. The average molecular weight is 354 g/mol. The largest absolute Gasteiger partial charge is 0.471 e. The zero-order valence-corrected chi connectivity index (χ0v) is 12.9. The van der Waals surface area contributed by atoms with Crippen molar-refractivity contribution in [2.45, 2.75) is 19.0 Å². The van der Waals surface area contributed by atoms with Crippen molar-refractivity contribution in [3.05, 3.63) is 59.9 Å². The van der Waals surface area contributed by atoms with Gasteiger partial charge in [-0.05, 0) is 42.3 Å². The second-order valence-corrected chi connectivity index (χ2v) is 5.21. The van der Waals surface area contributed by atoms with Crippen molar-refractivity contribution in [1.82, 2.24) is 0 Å². The molecule has 0 aliphatic heterocycles. The third kappa shape index (κ3) is 5.91. The van der Waals surface area contributed by atoms with Crippen molar-refractivity contribution in [2.75, 3.05) is 10.6 Å². The molecular formula is C17H14F4N2O2. The zero-order chi connectivity index (χ0) is 18.4. The molecule has 0 saturated heterocycles. The summed E-state index contributed by atoms with van der Waals surface area (Å²) in [5, 5.41) is 4.24. The Labute approximate surface area is 140 Å².